The van der Waals surface area contributed by atoms with Gasteiger partial charge < -0.3 is 9.15 Å². The van der Waals surface area contributed by atoms with Crippen molar-refractivity contribution in [3.8, 4) is 11.3 Å². The molecule has 5 rings (SSSR count). The molecule has 0 bridgehead atoms. The van der Waals surface area contributed by atoms with Gasteiger partial charge in [0, 0.05) is 23.3 Å². The molecule has 3 aromatic carbocycles. The van der Waals surface area contributed by atoms with E-state index in [-0.39, 0.29) is 36.7 Å². The number of fused-ring (bicyclic) bond motifs is 3. The summed E-state index contributed by atoms with van der Waals surface area (Å²) in [6.07, 6.45) is 1.58. The van der Waals surface area contributed by atoms with Gasteiger partial charge in [-0.2, -0.15) is 0 Å². The molecule has 0 aliphatic heterocycles. The maximum absolute atomic E-state index is 13.9. The van der Waals surface area contributed by atoms with Crippen LogP contribution >= 0.6 is 0 Å². The summed E-state index contributed by atoms with van der Waals surface area (Å²) >= 11 is 0. The molecular weight excluding hydrogens is 426 g/mol. The average Bonchev–Trinajstić information content (AvgIpc) is 3.30. The number of aryl methyl sites for hydroxylation is 1. The van der Waals surface area contributed by atoms with Gasteiger partial charge in [0.25, 0.3) is 0 Å². The number of esters is 1. The zero-order valence-electron chi connectivity index (χ0n) is 17.4. The van der Waals surface area contributed by atoms with Crippen molar-refractivity contribution in [2.75, 3.05) is 0 Å². The summed E-state index contributed by atoms with van der Waals surface area (Å²) in [5, 5.41) is 3.03. The van der Waals surface area contributed by atoms with E-state index in [0.717, 1.165) is 33.8 Å². The first kappa shape index (κ1) is 20.8. The minimum absolute atomic E-state index is 0.0391. The highest BCUT2D eigenvalue weighted by Crippen LogP contribution is 2.27. The molecule has 0 saturated carbocycles. The lowest BCUT2D eigenvalue weighted by Crippen LogP contribution is -2.07. The Balaban J connectivity index is 1.25. The highest BCUT2D eigenvalue weighted by Gasteiger charge is 2.14. The minimum atomic E-state index is -0.743. The number of pyridine rings is 1. The van der Waals surface area contributed by atoms with Gasteiger partial charge in [-0.05, 0) is 23.6 Å². The van der Waals surface area contributed by atoms with Gasteiger partial charge in [0.1, 0.15) is 18.2 Å². The summed E-state index contributed by atoms with van der Waals surface area (Å²) in [7, 11) is 0. The molecule has 164 valence electrons. The summed E-state index contributed by atoms with van der Waals surface area (Å²) in [5.74, 6) is -1.41. The van der Waals surface area contributed by atoms with Gasteiger partial charge in [-0.15, -0.1) is 0 Å². The van der Waals surface area contributed by atoms with Gasteiger partial charge in [-0.3, -0.25) is 4.79 Å². The maximum atomic E-state index is 13.9. The van der Waals surface area contributed by atoms with Crippen molar-refractivity contribution in [2.24, 2.45) is 0 Å². The Morgan fingerprint density at radius 2 is 1.70 bits per heavy atom. The van der Waals surface area contributed by atoms with Crippen molar-refractivity contribution in [3.05, 3.63) is 96.1 Å². The second kappa shape index (κ2) is 8.78. The molecule has 0 atom stereocenters. The molecule has 33 heavy (non-hydrogen) atoms. The van der Waals surface area contributed by atoms with E-state index in [0.29, 0.717) is 5.69 Å². The smallest absolute Gasteiger partial charge is 0.306 e. The van der Waals surface area contributed by atoms with Crippen LogP contribution in [0.25, 0.3) is 33.0 Å². The molecule has 0 aliphatic carbocycles. The second-order valence-corrected chi connectivity index (χ2v) is 7.52. The SMILES string of the molecule is O=C(CCc1ncc(-c2ccc(F)cc2F)o1)OCc1nc2ccccc2c2ccccc12. The summed E-state index contributed by atoms with van der Waals surface area (Å²) in [4.78, 5) is 21.1. The van der Waals surface area contributed by atoms with E-state index >= 15 is 0 Å². The maximum Gasteiger partial charge on any atom is 0.306 e. The van der Waals surface area contributed by atoms with E-state index in [2.05, 4.69) is 9.97 Å². The summed E-state index contributed by atoms with van der Waals surface area (Å²) in [6.45, 7) is 0.0435. The van der Waals surface area contributed by atoms with Crippen molar-refractivity contribution in [2.45, 2.75) is 19.4 Å². The van der Waals surface area contributed by atoms with Crippen LogP contribution in [0.15, 0.2) is 77.3 Å². The Bertz CT molecular complexity index is 1480. The molecular formula is C26H18F2N2O3. The monoisotopic (exact) mass is 444 g/mol. The van der Waals surface area contributed by atoms with Crippen molar-refractivity contribution in [1.29, 1.82) is 0 Å². The number of nitrogens with zero attached hydrogens (tertiary/aromatic N) is 2. The molecule has 7 heteroatoms. The van der Waals surface area contributed by atoms with E-state index in [4.69, 9.17) is 9.15 Å². The molecule has 0 N–H and O–H groups in total. The number of oxazole rings is 1. The highest BCUT2D eigenvalue weighted by molar-refractivity contribution is 6.06. The summed E-state index contributed by atoms with van der Waals surface area (Å²) in [5.41, 5.74) is 1.62. The van der Waals surface area contributed by atoms with Gasteiger partial charge in [-0.25, -0.2) is 18.7 Å². The number of aromatic nitrogens is 2. The molecule has 2 aromatic heterocycles. The van der Waals surface area contributed by atoms with Gasteiger partial charge in [0.2, 0.25) is 0 Å². The zero-order valence-corrected chi connectivity index (χ0v) is 17.4. The molecule has 0 unspecified atom stereocenters. The summed E-state index contributed by atoms with van der Waals surface area (Å²) < 4.78 is 38.0. The number of para-hydroxylation sites is 1. The Hall–Kier alpha value is -4.13. The molecule has 5 aromatic rings. The molecule has 0 radical (unpaired) electrons. The van der Waals surface area contributed by atoms with Crippen LogP contribution in [0, 0.1) is 11.6 Å². The molecule has 0 amide bonds. The third-order valence-corrected chi connectivity index (χ3v) is 5.35. The first-order valence-corrected chi connectivity index (χ1v) is 10.4. The van der Waals surface area contributed by atoms with Crippen LogP contribution in [0.2, 0.25) is 0 Å². The fourth-order valence-corrected chi connectivity index (χ4v) is 3.75. The Morgan fingerprint density at radius 1 is 0.939 bits per heavy atom. The van der Waals surface area contributed by atoms with Crippen molar-refractivity contribution >= 4 is 27.6 Å². The van der Waals surface area contributed by atoms with Gasteiger partial charge in [0.15, 0.2) is 11.7 Å². The fourth-order valence-electron chi connectivity index (χ4n) is 3.75. The molecule has 5 nitrogen and oxygen atoms in total. The van der Waals surface area contributed by atoms with Crippen molar-refractivity contribution in [1.82, 2.24) is 9.97 Å². The van der Waals surface area contributed by atoms with Gasteiger partial charge in [-0.1, -0.05) is 42.5 Å². The highest BCUT2D eigenvalue weighted by atomic mass is 19.1. The molecule has 0 spiro atoms. The molecule has 2 heterocycles. The van der Waals surface area contributed by atoms with E-state index in [1.165, 1.54) is 12.3 Å². The summed E-state index contributed by atoms with van der Waals surface area (Å²) in [6, 6.07) is 18.9. The van der Waals surface area contributed by atoms with Crippen LogP contribution < -0.4 is 0 Å². The number of carbonyl (C=O) groups excluding carboxylic acids is 1. The second-order valence-electron chi connectivity index (χ2n) is 7.52. The normalized spacial score (nSPS) is 11.2. The van der Waals surface area contributed by atoms with Crippen LogP contribution in [0.5, 0.6) is 0 Å². The third kappa shape index (κ3) is 4.30. The largest absolute Gasteiger partial charge is 0.459 e. The van der Waals surface area contributed by atoms with Crippen LogP contribution in [0.4, 0.5) is 8.78 Å². The van der Waals surface area contributed by atoms with E-state index in [1.54, 1.807) is 0 Å². The van der Waals surface area contributed by atoms with E-state index < -0.39 is 17.6 Å². The van der Waals surface area contributed by atoms with Crippen LogP contribution in [0.3, 0.4) is 0 Å². The lowest BCUT2D eigenvalue weighted by molar-refractivity contribution is -0.145. The third-order valence-electron chi connectivity index (χ3n) is 5.35. The number of hydrogen-bond donors (Lipinski definition) is 0. The van der Waals surface area contributed by atoms with Crippen molar-refractivity contribution in [3.63, 3.8) is 0 Å². The standard InChI is InChI=1S/C26H18F2N2O3/c27-16-9-10-20(21(28)13-16)24-14-29-25(33-24)11-12-26(31)32-15-23-19-7-2-1-5-17(19)18-6-3-4-8-22(18)30-23/h1-10,13-14H,11-12,15H2. The minimum Gasteiger partial charge on any atom is -0.459 e. The first-order chi connectivity index (χ1) is 16.1. The predicted octanol–water partition coefficient (Wildman–Crippen LogP) is 6.00. The zero-order chi connectivity index (χ0) is 22.8. The number of hydrogen-bond acceptors (Lipinski definition) is 5. The van der Waals surface area contributed by atoms with E-state index in [9.17, 15) is 13.6 Å². The number of rotatable bonds is 6. The molecule has 0 saturated heterocycles. The number of halogens is 2. The van der Waals surface area contributed by atoms with Gasteiger partial charge >= 0.3 is 5.97 Å². The lowest BCUT2D eigenvalue weighted by atomic mass is 10.0. The van der Waals surface area contributed by atoms with Gasteiger partial charge in [0.05, 0.1) is 29.4 Å². The average molecular weight is 444 g/mol. The molecule has 0 aliphatic rings. The predicted molar refractivity (Wildman–Crippen MR) is 119 cm³/mol. The lowest BCUT2D eigenvalue weighted by Gasteiger charge is -2.10. The number of ether oxygens (including phenoxy) is 1. The van der Waals surface area contributed by atoms with Crippen LogP contribution in [-0.4, -0.2) is 15.9 Å². The van der Waals surface area contributed by atoms with Crippen molar-refractivity contribution < 1.29 is 22.7 Å². The van der Waals surface area contributed by atoms with Crippen LogP contribution in [0.1, 0.15) is 18.0 Å². The fraction of sp³-hybridized carbons (Fsp3) is 0.115. The quantitative estimate of drug-likeness (QED) is 0.238. The topological polar surface area (TPSA) is 65.2 Å². The number of carbonyl (C=O) groups is 1. The molecule has 0 fully saturated rings. The Kier molecular flexibility index (Phi) is 5.52. The first-order valence-electron chi connectivity index (χ1n) is 10.4. The van der Waals surface area contributed by atoms with E-state index in [1.807, 2.05) is 48.5 Å². The van der Waals surface area contributed by atoms with Crippen LogP contribution in [-0.2, 0) is 22.6 Å². The Labute approximate surface area is 187 Å². The Morgan fingerprint density at radius 3 is 2.52 bits per heavy atom. The number of benzene rings is 3.